The number of nitriles is 1. The third-order valence-corrected chi connectivity index (χ3v) is 9.45. The highest BCUT2D eigenvalue weighted by atomic mass is 16.7. The minimum atomic E-state index is -1.26. The SMILES string of the molecule is C[C@]12CCC3(CC1=CCC1C4CC[C@](O)(C#N)[C@@]4(C)CC[C@@]12O)OCCO3. The fourth-order valence-electron chi connectivity index (χ4n) is 7.49. The summed E-state index contributed by atoms with van der Waals surface area (Å²) in [7, 11) is 0. The molecule has 0 aromatic heterocycles. The summed E-state index contributed by atoms with van der Waals surface area (Å²) in [6.07, 6.45) is 8.27. The van der Waals surface area contributed by atoms with E-state index in [1.807, 2.05) is 0 Å². The van der Waals surface area contributed by atoms with Crippen LogP contribution in [-0.4, -0.2) is 40.4 Å². The van der Waals surface area contributed by atoms with Gasteiger partial charge in [-0.3, -0.25) is 0 Å². The Labute approximate surface area is 161 Å². The van der Waals surface area contributed by atoms with Crippen LogP contribution in [0, 0.1) is 34.0 Å². The monoisotopic (exact) mass is 373 g/mol. The van der Waals surface area contributed by atoms with Crippen molar-refractivity contribution in [2.75, 3.05) is 13.2 Å². The van der Waals surface area contributed by atoms with E-state index in [4.69, 9.17) is 9.47 Å². The van der Waals surface area contributed by atoms with Gasteiger partial charge in [-0.15, -0.1) is 0 Å². The van der Waals surface area contributed by atoms with Crippen LogP contribution < -0.4 is 0 Å². The van der Waals surface area contributed by atoms with Crippen LogP contribution in [0.2, 0.25) is 0 Å². The molecule has 0 radical (unpaired) electrons. The summed E-state index contributed by atoms with van der Waals surface area (Å²) in [5.41, 5.74) is -1.45. The van der Waals surface area contributed by atoms with E-state index in [1.165, 1.54) is 5.57 Å². The van der Waals surface area contributed by atoms with Crippen LogP contribution in [0.5, 0.6) is 0 Å². The molecule has 4 aliphatic carbocycles. The number of aliphatic hydroxyl groups is 2. The first-order valence-corrected chi connectivity index (χ1v) is 10.6. The highest BCUT2D eigenvalue weighted by molar-refractivity contribution is 5.33. The Bertz CT molecular complexity index is 737. The van der Waals surface area contributed by atoms with Gasteiger partial charge in [-0.1, -0.05) is 25.5 Å². The van der Waals surface area contributed by atoms with E-state index in [9.17, 15) is 15.5 Å². The molecule has 2 N–H and O–H groups in total. The topological polar surface area (TPSA) is 82.7 Å². The summed E-state index contributed by atoms with van der Waals surface area (Å²) in [5.74, 6) is -0.191. The van der Waals surface area contributed by atoms with Crippen LogP contribution in [0.3, 0.4) is 0 Å². The smallest absolute Gasteiger partial charge is 0.172 e. The highest BCUT2D eigenvalue weighted by Crippen LogP contribution is 2.69. The molecule has 5 rings (SSSR count). The maximum absolute atomic E-state index is 12.1. The zero-order chi connectivity index (χ0) is 19.1. The number of nitrogens with zero attached hydrogens (tertiary/aromatic N) is 1. The van der Waals surface area contributed by atoms with Gasteiger partial charge in [0, 0.05) is 23.7 Å². The van der Waals surface area contributed by atoms with E-state index < -0.39 is 22.4 Å². The number of hydrogen-bond acceptors (Lipinski definition) is 5. The van der Waals surface area contributed by atoms with Crippen molar-refractivity contribution in [3.63, 3.8) is 0 Å². The van der Waals surface area contributed by atoms with E-state index in [-0.39, 0.29) is 17.3 Å². The summed E-state index contributed by atoms with van der Waals surface area (Å²) in [4.78, 5) is 0. The van der Waals surface area contributed by atoms with E-state index in [0.29, 0.717) is 32.5 Å². The van der Waals surface area contributed by atoms with Crippen LogP contribution >= 0.6 is 0 Å². The van der Waals surface area contributed by atoms with Crippen LogP contribution in [0.4, 0.5) is 0 Å². The van der Waals surface area contributed by atoms with Crippen LogP contribution in [0.25, 0.3) is 0 Å². The fraction of sp³-hybridized carbons (Fsp3) is 0.864. The Hall–Kier alpha value is -0.930. The van der Waals surface area contributed by atoms with Crippen molar-refractivity contribution in [1.29, 1.82) is 5.26 Å². The Morgan fingerprint density at radius 2 is 1.78 bits per heavy atom. The van der Waals surface area contributed by atoms with Crippen molar-refractivity contribution in [1.82, 2.24) is 0 Å². The Morgan fingerprint density at radius 1 is 1.04 bits per heavy atom. The van der Waals surface area contributed by atoms with Crippen LogP contribution in [0.1, 0.15) is 65.2 Å². The lowest BCUT2D eigenvalue weighted by Gasteiger charge is -2.63. The van der Waals surface area contributed by atoms with Crippen LogP contribution in [0.15, 0.2) is 11.6 Å². The van der Waals surface area contributed by atoms with Gasteiger partial charge in [0.05, 0.1) is 24.9 Å². The maximum atomic E-state index is 12.1. The van der Waals surface area contributed by atoms with Crippen molar-refractivity contribution in [3.8, 4) is 6.07 Å². The third kappa shape index (κ3) is 2.03. The molecule has 5 nitrogen and oxygen atoms in total. The quantitative estimate of drug-likeness (QED) is 0.504. The molecule has 2 unspecified atom stereocenters. The lowest BCUT2D eigenvalue weighted by molar-refractivity contribution is -0.227. The molecule has 0 aromatic rings. The zero-order valence-electron chi connectivity index (χ0n) is 16.5. The summed E-state index contributed by atoms with van der Waals surface area (Å²) < 4.78 is 11.9. The standard InChI is InChI=1S/C22H31NO4/c1-18-7-9-21(26-11-12-27-21)13-15(18)3-4-17-16-5-6-20(24,14-23)19(16,2)8-10-22(17,18)25/h3,16-17,24-25H,4-13H2,1-2H3/t16?,17?,18-,19-,20-,22+/m0/s1. The maximum Gasteiger partial charge on any atom is 0.172 e. The van der Waals surface area contributed by atoms with Crippen molar-refractivity contribution < 1.29 is 19.7 Å². The lowest BCUT2D eigenvalue weighted by atomic mass is 9.44. The minimum absolute atomic E-state index is 0.104. The molecule has 1 heterocycles. The van der Waals surface area contributed by atoms with Gasteiger partial charge in [0.15, 0.2) is 11.4 Å². The Kier molecular flexibility index (Phi) is 3.60. The molecule has 27 heavy (non-hydrogen) atoms. The summed E-state index contributed by atoms with van der Waals surface area (Å²) in [6, 6.07) is 2.21. The number of rotatable bonds is 0. The number of allylic oxidation sites excluding steroid dienone is 1. The molecular weight excluding hydrogens is 342 g/mol. The van der Waals surface area contributed by atoms with E-state index >= 15 is 0 Å². The van der Waals surface area contributed by atoms with Gasteiger partial charge in [-0.05, 0) is 50.4 Å². The summed E-state index contributed by atoms with van der Waals surface area (Å²) in [5, 5.41) is 32.7. The van der Waals surface area contributed by atoms with Crippen molar-refractivity contribution in [2.24, 2.45) is 22.7 Å². The van der Waals surface area contributed by atoms with Crippen LogP contribution in [-0.2, 0) is 9.47 Å². The normalized spacial score (nSPS) is 53.2. The molecule has 4 fully saturated rings. The van der Waals surface area contributed by atoms with Gasteiger partial charge in [-0.25, -0.2) is 0 Å². The molecule has 0 bridgehead atoms. The molecule has 1 aliphatic heterocycles. The predicted octanol–water partition coefficient (Wildman–Crippen LogP) is 3.06. The largest absolute Gasteiger partial charge is 0.389 e. The fourth-order valence-corrected chi connectivity index (χ4v) is 7.49. The van der Waals surface area contributed by atoms with E-state index in [1.54, 1.807) is 0 Å². The van der Waals surface area contributed by atoms with Gasteiger partial charge in [0.1, 0.15) is 0 Å². The van der Waals surface area contributed by atoms with Crippen molar-refractivity contribution >= 4 is 0 Å². The van der Waals surface area contributed by atoms with E-state index in [0.717, 1.165) is 32.1 Å². The third-order valence-electron chi connectivity index (χ3n) is 9.45. The molecule has 1 spiro atoms. The lowest BCUT2D eigenvalue weighted by Crippen LogP contribution is -2.65. The first kappa shape index (κ1) is 18.1. The van der Waals surface area contributed by atoms with Gasteiger partial charge >= 0.3 is 0 Å². The average Bonchev–Trinajstić information content (AvgIpc) is 3.21. The Balaban J connectivity index is 1.52. The second-order valence-corrected chi connectivity index (χ2v) is 10.1. The zero-order valence-corrected chi connectivity index (χ0v) is 16.5. The van der Waals surface area contributed by atoms with Gasteiger partial charge < -0.3 is 19.7 Å². The first-order valence-electron chi connectivity index (χ1n) is 10.6. The highest BCUT2D eigenvalue weighted by Gasteiger charge is 2.69. The number of ether oxygens (including phenoxy) is 2. The van der Waals surface area contributed by atoms with Gasteiger partial charge in [0.2, 0.25) is 0 Å². The molecule has 5 aliphatic rings. The molecule has 6 atom stereocenters. The second-order valence-electron chi connectivity index (χ2n) is 10.1. The molecule has 0 aromatic carbocycles. The number of fused-ring (bicyclic) bond motifs is 5. The number of hydrogen-bond donors (Lipinski definition) is 2. The minimum Gasteiger partial charge on any atom is -0.389 e. The molecule has 3 saturated carbocycles. The Morgan fingerprint density at radius 3 is 2.48 bits per heavy atom. The molecule has 0 amide bonds. The van der Waals surface area contributed by atoms with Crippen molar-refractivity contribution in [3.05, 3.63) is 11.6 Å². The second kappa shape index (κ2) is 5.36. The molecular formula is C22H31NO4. The predicted molar refractivity (Wildman–Crippen MR) is 98.4 cm³/mol. The molecule has 5 heteroatoms. The average molecular weight is 373 g/mol. The molecule has 148 valence electrons. The molecule has 1 saturated heterocycles. The van der Waals surface area contributed by atoms with Gasteiger partial charge in [-0.2, -0.15) is 5.26 Å². The van der Waals surface area contributed by atoms with E-state index in [2.05, 4.69) is 26.0 Å². The first-order chi connectivity index (χ1) is 12.7. The van der Waals surface area contributed by atoms with Crippen molar-refractivity contribution in [2.45, 2.75) is 82.2 Å². The summed E-state index contributed by atoms with van der Waals surface area (Å²) >= 11 is 0. The van der Waals surface area contributed by atoms with Gasteiger partial charge in [0.25, 0.3) is 0 Å². The summed E-state index contributed by atoms with van der Waals surface area (Å²) in [6.45, 7) is 5.61.